The van der Waals surface area contributed by atoms with Crippen LogP contribution in [0.4, 0.5) is 0 Å². The van der Waals surface area contributed by atoms with Gasteiger partial charge in [-0.1, -0.05) is 0 Å². The van der Waals surface area contributed by atoms with Crippen molar-refractivity contribution < 1.29 is 9.90 Å². The van der Waals surface area contributed by atoms with Crippen LogP contribution in [0.2, 0.25) is 0 Å². The maximum Gasteiger partial charge on any atom is 0.306 e. The lowest BCUT2D eigenvalue weighted by atomic mass is 10.2. The SMILES string of the molecule is CC1(CC(=O)O)NN1. The van der Waals surface area contributed by atoms with Crippen molar-refractivity contribution >= 4 is 5.97 Å². The van der Waals surface area contributed by atoms with Gasteiger partial charge in [0.25, 0.3) is 0 Å². The van der Waals surface area contributed by atoms with E-state index < -0.39 is 5.97 Å². The molecular weight excluding hydrogens is 108 g/mol. The van der Waals surface area contributed by atoms with Gasteiger partial charge in [0.05, 0.1) is 6.42 Å². The van der Waals surface area contributed by atoms with Gasteiger partial charge in [0.1, 0.15) is 5.66 Å². The molecule has 1 fully saturated rings. The first-order valence-corrected chi connectivity index (χ1v) is 2.38. The summed E-state index contributed by atoms with van der Waals surface area (Å²) in [6.07, 6.45) is 0.132. The Labute approximate surface area is 46.9 Å². The molecule has 4 heteroatoms. The summed E-state index contributed by atoms with van der Waals surface area (Å²) in [4.78, 5) is 9.97. The van der Waals surface area contributed by atoms with Gasteiger partial charge in [-0.2, -0.15) is 0 Å². The van der Waals surface area contributed by atoms with Crippen LogP contribution < -0.4 is 10.9 Å². The highest BCUT2D eigenvalue weighted by molar-refractivity contribution is 5.68. The summed E-state index contributed by atoms with van der Waals surface area (Å²) < 4.78 is 0. The van der Waals surface area contributed by atoms with E-state index in [0.717, 1.165) is 0 Å². The molecule has 1 heterocycles. The molecule has 0 aromatic rings. The Bertz CT molecular complexity index is 119. The average molecular weight is 116 g/mol. The lowest BCUT2D eigenvalue weighted by molar-refractivity contribution is -0.137. The van der Waals surface area contributed by atoms with E-state index in [0.29, 0.717) is 0 Å². The Kier molecular flexibility index (Phi) is 0.988. The maximum atomic E-state index is 9.97. The molecule has 0 saturated carbocycles. The normalized spacial score (nSPS) is 22.6. The highest BCUT2D eigenvalue weighted by atomic mass is 16.4. The first-order chi connectivity index (χ1) is 3.62. The van der Waals surface area contributed by atoms with Gasteiger partial charge in [0.15, 0.2) is 0 Å². The summed E-state index contributed by atoms with van der Waals surface area (Å²) in [5.41, 5.74) is 5.09. The Morgan fingerprint density at radius 2 is 2.25 bits per heavy atom. The van der Waals surface area contributed by atoms with Crippen molar-refractivity contribution in [1.29, 1.82) is 0 Å². The molecule has 0 bridgehead atoms. The molecule has 4 nitrogen and oxygen atoms in total. The fraction of sp³-hybridized carbons (Fsp3) is 0.750. The van der Waals surface area contributed by atoms with Crippen LogP contribution in [0, 0.1) is 0 Å². The number of hydrogen-bond donors (Lipinski definition) is 3. The van der Waals surface area contributed by atoms with Gasteiger partial charge < -0.3 is 5.11 Å². The highest BCUT2D eigenvalue weighted by Crippen LogP contribution is 2.12. The van der Waals surface area contributed by atoms with E-state index in [9.17, 15) is 4.79 Å². The Balaban J connectivity index is 2.29. The van der Waals surface area contributed by atoms with E-state index in [1.165, 1.54) is 0 Å². The number of aliphatic carboxylic acids is 1. The van der Waals surface area contributed by atoms with Gasteiger partial charge in [-0.3, -0.25) is 4.79 Å². The molecule has 1 saturated heterocycles. The van der Waals surface area contributed by atoms with Crippen LogP contribution in [0.5, 0.6) is 0 Å². The number of nitrogens with one attached hydrogen (secondary N) is 2. The molecule has 8 heavy (non-hydrogen) atoms. The van der Waals surface area contributed by atoms with E-state index in [1.807, 2.05) is 0 Å². The van der Waals surface area contributed by atoms with Crippen LogP contribution in [-0.4, -0.2) is 16.7 Å². The van der Waals surface area contributed by atoms with Crippen molar-refractivity contribution in [2.45, 2.75) is 19.0 Å². The van der Waals surface area contributed by atoms with Crippen molar-refractivity contribution in [3.8, 4) is 0 Å². The Morgan fingerprint density at radius 1 is 1.75 bits per heavy atom. The van der Waals surface area contributed by atoms with Crippen molar-refractivity contribution in [1.82, 2.24) is 10.9 Å². The largest absolute Gasteiger partial charge is 0.481 e. The van der Waals surface area contributed by atoms with Crippen LogP contribution in [0.25, 0.3) is 0 Å². The standard InChI is InChI=1S/C4H8N2O2/c1-4(5-6-4)2-3(7)8/h5-6H,2H2,1H3,(H,7,8). The number of hydrogen-bond acceptors (Lipinski definition) is 3. The summed E-state index contributed by atoms with van der Waals surface area (Å²) in [6.45, 7) is 1.79. The molecule has 1 aliphatic heterocycles. The van der Waals surface area contributed by atoms with Gasteiger partial charge in [-0.25, -0.2) is 10.9 Å². The minimum absolute atomic E-state index is 0.132. The molecular formula is C4H8N2O2. The number of carboxylic acid groups (broad SMARTS) is 1. The first-order valence-electron chi connectivity index (χ1n) is 2.38. The van der Waals surface area contributed by atoms with Gasteiger partial charge in [0, 0.05) is 0 Å². The van der Waals surface area contributed by atoms with Crippen LogP contribution in [-0.2, 0) is 4.79 Å². The van der Waals surface area contributed by atoms with E-state index >= 15 is 0 Å². The molecule has 0 amide bonds. The fourth-order valence-corrected chi connectivity index (χ4v) is 0.498. The van der Waals surface area contributed by atoms with E-state index in [-0.39, 0.29) is 12.1 Å². The third-order valence-corrected chi connectivity index (χ3v) is 1.06. The molecule has 0 spiro atoms. The second-order valence-electron chi connectivity index (χ2n) is 2.15. The third-order valence-electron chi connectivity index (χ3n) is 1.06. The molecule has 0 atom stereocenters. The van der Waals surface area contributed by atoms with Crippen LogP contribution in [0.3, 0.4) is 0 Å². The summed E-state index contributed by atoms with van der Waals surface area (Å²) in [5.74, 6) is -0.787. The molecule has 1 aliphatic rings. The summed E-state index contributed by atoms with van der Waals surface area (Å²) in [6, 6.07) is 0. The molecule has 0 radical (unpaired) electrons. The molecule has 0 aromatic heterocycles. The maximum absolute atomic E-state index is 9.97. The van der Waals surface area contributed by atoms with Crippen molar-refractivity contribution in [3.05, 3.63) is 0 Å². The van der Waals surface area contributed by atoms with Crippen molar-refractivity contribution in [2.75, 3.05) is 0 Å². The van der Waals surface area contributed by atoms with Gasteiger partial charge in [-0.05, 0) is 6.92 Å². The zero-order valence-electron chi connectivity index (χ0n) is 4.56. The lowest BCUT2D eigenvalue weighted by Crippen LogP contribution is -2.16. The number of rotatable bonds is 2. The van der Waals surface area contributed by atoms with Crippen LogP contribution >= 0.6 is 0 Å². The van der Waals surface area contributed by atoms with Crippen molar-refractivity contribution in [2.24, 2.45) is 0 Å². The first kappa shape index (κ1) is 5.53. The molecule has 0 aromatic carbocycles. The second kappa shape index (κ2) is 1.43. The van der Waals surface area contributed by atoms with Crippen LogP contribution in [0.1, 0.15) is 13.3 Å². The predicted molar refractivity (Wildman–Crippen MR) is 26.9 cm³/mol. The average Bonchev–Trinajstić information content (AvgIpc) is 2.17. The quantitative estimate of drug-likeness (QED) is 0.416. The lowest BCUT2D eigenvalue weighted by Gasteiger charge is -1.95. The minimum Gasteiger partial charge on any atom is -0.481 e. The van der Waals surface area contributed by atoms with Gasteiger partial charge in [0.2, 0.25) is 0 Å². The van der Waals surface area contributed by atoms with E-state index in [1.54, 1.807) is 6.92 Å². The number of hydrazine groups is 1. The molecule has 0 unspecified atom stereocenters. The van der Waals surface area contributed by atoms with Gasteiger partial charge >= 0.3 is 5.97 Å². The smallest absolute Gasteiger partial charge is 0.306 e. The third kappa shape index (κ3) is 1.18. The molecule has 46 valence electrons. The fourth-order valence-electron chi connectivity index (χ4n) is 0.498. The predicted octanol–water partition coefficient (Wildman–Crippen LogP) is -0.715. The minimum atomic E-state index is -0.787. The Morgan fingerprint density at radius 3 is 2.38 bits per heavy atom. The van der Waals surface area contributed by atoms with Crippen molar-refractivity contribution in [3.63, 3.8) is 0 Å². The summed E-state index contributed by atoms with van der Waals surface area (Å²) in [7, 11) is 0. The summed E-state index contributed by atoms with van der Waals surface area (Å²) in [5, 5.41) is 8.21. The molecule has 3 N–H and O–H groups in total. The molecule has 0 aliphatic carbocycles. The van der Waals surface area contributed by atoms with Crippen LogP contribution in [0.15, 0.2) is 0 Å². The summed E-state index contributed by atoms with van der Waals surface area (Å²) >= 11 is 0. The number of carboxylic acids is 1. The zero-order valence-corrected chi connectivity index (χ0v) is 4.56. The zero-order chi connectivity index (χ0) is 6.20. The monoisotopic (exact) mass is 116 g/mol. The molecule has 1 rings (SSSR count). The number of carbonyl (C=O) groups is 1. The topological polar surface area (TPSA) is 81.2 Å². The van der Waals surface area contributed by atoms with E-state index in [4.69, 9.17) is 5.11 Å². The highest BCUT2D eigenvalue weighted by Gasteiger charge is 2.38. The van der Waals surface area contributed by atoms with E-state index in [2.05, 4.69) is 10.9 Å². The van der Waals surface area contributed by atoms with Gasteiger partial charge in [-0.15, -0.1) is 0 Å². The Hall–Kier alpha value is -0.610. The second-order valence-corrected chi connectivity index (χ2v) is 2.15.